The highest BCUT2D eigenvalue weighted by Crippen LogP contribution is 2.38. The van der Waals surface area contributed by atoms with Gasteiger partial charge in [0.15, 0.2) is 0 Å². The van der Waals surface area contributed by atoms with Crippen molar-refractivity contribution in [2.75, 3.05) is 6.61 Å². The maximum Gasteiger partial charge on any atom is 0.0436 e. The highest BCUT2D eigenvalue weighted by atomic mass is 16.3. The first-order valence-electron chi connectivity index (χ1n) is 7.42. The van der Waals surface area contributed by atoms with Crippen molar-refractivity contribution in [3.63, 3.8) is 0 Å². The van der Waals surface area contributed by atoms with Gasteiger partial charge in [0.25, 0.3) is 0 Å². The number of aliphatic hydroxyl groups is 1. The summed E-state index contributed by atoms with van der Waals surface area (Å²) in [5.74, 6) is 0.534. The van der Waals surface area contributed by atoms with Crippen molar-refractivity contribution in [3.8, 4) is 0 Å². The van der Waals surface area contributed by atoms with Gasteiger partial charge in [0.1, 0.15) is 0 Å². The topological polar surface area (TPSA) is 20.2 Å². The van der Waals surface area contributed by atoms with E-state index in [4.69, 9.17) is 5.11 Å². The van der Waals surface area contributed by atoms with E-state index in [2.05, 4.69) is 27.0 Å². The summed E-state index contributed by atoms with van der Waals surface area (Å²) >= 11 is 0. The van der Waals surface area contributed by atoms with Gasteiger partial charge in [0, 0.05) is 12.5 Å². The maximum absolute atomic E-state index is 9.01. The molecule has 0 aromatic carbocycles. The van der Waals surface area contributed by atoms with Crippen LogP contribution in [0.3, 0.4) is 0 Å². The van der Waals surface area contributed by atoms with Crippen molar-refractivity contribution in [2.24, 2.45) is 11.3 Å². The Morgan fingerprint density at radius 2 is 1.61 bits per heavy atom. The zero-order chi connectivity index (χ0) is 14.2. The molecular formula is C17H32O. The molecule has 1 heteroatoms. The van der Waals surface area contributed by atoms with Crippen LogP contribution in [0.5, 0.6) is 0 Å². The first-order valence-corrected chi connectivity index (χ1v) is 7.42. The zero-order valence-corrected chi connectivity index (χ0v) is 12.9. The summed E-state index contributed by atoms with van der Waals surface area (Å²) in [5.41, 5.74) is 2.99. The van der Waals surface area contributed by atoms with E-state index in [-0.39, 0.29) is 5.41 Å². The largest absolute Gasteiger partial charge is 0.396 e. The fourth-order valence-corrected chi connectivity index (χ4v) is 2.55. The van der Waals surface area contributed by atoms with Crippen LogP contribution in [0.4, 0.5) is 0 Å². The third kappa shape index (κ3) is 5.86. The third-order valence-electron chi connectivity index (χ3n) is 3.88. The van der Waals surface area contributed by atoms with Crippen LogP contribution in [0.15, 0.2) is 24.3 Å². The minimum Gasteiger partial charge on any atom is -0.396 e. The Morgan fingerprint density at radius 3 is 2.06 bits per heavy atom. The smallest absolute Gasteiger partial charge is 0.0436 e. The van der Waals surface area contributed by atoms with Gasteiger partial charge in [0.05, 0.1) is 0 Å². The lowest BCUT2D eigenvalue weighted by atomic mass is 9.75. The number of hydrogen-bond acceptors (Lipinski definition) is 1. The van der Waals surface area contributed by atoms with E-state index in [1.165, 1.54) is 30.4 Å². The van der Waals surface area contributed by atoms with Crippen molar-refractivity contribution in [1.82, 2.24) is 0 Å². The van der Waals surface area contributed by atoms with E-state index in [1.807, 2.05) is 13.8 Å². The average Bonchev–Trinajstić information content (AvgIpc) is 2.31. The van der Waals surface area contributed by atoms with Crippen molar-refractivity contribution in [1.29, 1.82) is 0 Å². The first-order chi connectivity index (χ1) is 8.46. The van der Waals surface area contributed by atoms with E-state index in [0.29, 0.717) is 12.5 Å². The molecule has 1 rings (SSSR count). The number of rotatable bonds is 5. The predicted molar refractivity (Wildman–Crippen MR) is 81.7 cm³/mol. The molecule has 0 radical (unpaired) electrons. The van der Waals surface area contributed by atoms with Gasteiger partial charge in [-0.25, -0.2) is 0 Å². The fraction of sp³-hybridized carbons (Fsp3) is 0.765. The van der Waals surface area contributed by atoms with Crippen LogP contribution < -0.4 is 0 Å². The van der Waals surface area contributed by atoms with Gasteiger partial charge < -0.3 is 5.11 Å². The van der Waals surface area contributed by atoms with Crippen molar-refractivity contribution < 1.29 is 5.11 Å². The van der Waals surface area contributed by atoms with Crippen LogP contribution in [0, 0.1) is 11.3 Å². The Bertz CT molecular complexity index is 247. The zero-order valence-electron chi connectivity index (χ0n) is 12.9. The molecule has 1 aliphatic carbocycles. The van der Waals surface area contributed by atoms with Gasteiger partial charge in [-0.1, -0.05) is 52.0 Å². The lowest BCUT2D eigenvalue weighted by Crippen LogP contribution is -2.18. The summed E-state index contributed by atoms with van der Waals surface area (Å²) in [6.45, 7) is 17.1. The summed E-state index contributed by atoms with van der Waals surface area (Å²) < 4.78 is 0. The summed E-state index contributed by atoms with van der Waals surface area (Å²) in [5, 5.41) is 9.01. The fourth-order valence-electron chi connectivity index (χ4n) is 2.55. The predicted octanol–water partition coefficient (Wildman–Crippen LogP) is 5.11. The number of hydrogen-bond donors (Lipinski definition) is 1. The standard InChI is InChI=1S/C15H26O.C2H6/c1-12-6-5-7-13(2)14(12)8-9-15(3,4)10-11-16;1-2/h14,16H,1-2,5-11H2,3-4H3;1-2H3. The molecule has 18 heavy (non-hydrogen) atoms. The molecule has 106 valence electrons. The summed E-state index contributed by atoms with van der Waals surface area (Å²) in [4.78, 5) is 0. The van der Waals surface area contributed by atoms with E-state index in [9.17, 15) is 0 Å². The summed E-state index contributed by atoms with van der Waals surface area (Å²) in [6, 6.07) is 0. The quantitative estimate of drug-likeness (QED) is 0.674. The molecule has 0 aromatic rings. The Kier molecular flexibility index (Phi) is 8.26. The summed E-state index contributed by atoms with van der Waals surface area (Å²) in [7, 11) is 0. The van der Waals surface area contributed by atoms with Crippen molar-refractivity contribution in [2.45, 2.75) is 66.2 Å². The highest BCUT2D eigenvalue weighted by molar-refractivity contribution is 5.20. The van der Waals surface area contributed by atoms with Gasteiger partial charge in [-0.3, -0.25) is 0 Å². The Labute approximate surface area is 114 Å². The normalized spacial score (nSPS) is 17.4. The molecule has 0 saturated heterocycles. The molecule has 1 saturated carbocycles. The minimum absolute atomic E-state index is 0.243. The van der Waals surface area contributed by atoms with Gasteiger partial charge in [0.2, 0.25) is 0 Å². The summed E-state index contributed by atoms with van der Waals surface area (Å²) in [6.07, 6.45) is 6.77. The van der Waals surface area contributed by atoms with Crippen LogP contribution in [0.2, 0.25) is 0 Å². The molecular weight excluding hydrogens is 220 g/mol. The Morgan fingerprint density at radius 1 is 1.11 bits per heavy atom. The lowest BCUT2D eigenvalue weighted by Gasteiger charge is -2.31. The van der Waals surface area contributed by atoms with Crippen LogP contribution in [-0.2, 0) is 0 Å². The van der Waals surface area contributed by atoms with Crippen molar-refractivity contribution >= 4 is 0 Å². The minimum atomic E-state index is 0.243. The molecule has 0 unspecified atom stereocenters. The maximum atomic E-state index is 9.01. The Balaban J connectivity index is 0.00000137. The monoisotopic (exact) mass is 252 g/mol. The first kappa shape index (κ1) is 17.4. The molecule has 0 amide bonds. The van der Waals surface area contributed by atoms with E-state index in [0.717, 1.165) is 19.3 Å². The second-order valence-electron chi connectivity index (χ2n) is 5.90. The number of aliphatic hydroxyl groups excluding tert-OH is 1. The third-order valence-corrected chi connectivity index (χ3v) is 3.88. The van der Waals surface area contributed by atoms with Crippen LogP contribution in [0.1, 0.15) is 66.2 Å². The molecule has 0 bridgehead atoms. The van der Waals surface area contributed by atoms with E-state index >= 15 is 0 Å². The highest BCUT2D eigenvalue weighted by Gasteiger charge is 2.24. The SMILES string of the molecule is C=C1CCCC(=C)C1CCC(C)(C)CCO.CC. The molecule has 1 aliphatic rings. The van der Waals surface area contributed by atoms with Crippen LogP contribution >= 0.6 is 0 Å². The lowest BCUT2D eigenvalue weighted by molar-refractivity contribution is 0.195. The molecule has 1 N–H and O–H groups in total. The van der Waals surface area contributed by atoms with Gasteiger partial charge in [-0.15, -0.1) is 0 Å². The molecule has 0 aromatic heterocycles. The van der Waals surface area contributed by atoms with E-state index in [1.54, 1.807) is 0 Å². The number of allylic oxidation sites excluding steroid dienone is 2. The average molecular weight is 252 g/mol. The van der Waals surface area contributed by atoms with E-state index < -0.39 is 0 Å². The van der Waals surface area contributed by atoms with Crippen molar-refractivity contribution in [3.05, 3.63) is 24.3 Å². The molecule has 0 spiro atoms. The van der Waals surface area contributed by atoms with Crippen LogP contribution in [0.25, 0.3) is 0 Å². The second-order valence-corrected chi connectivity index (χ2v) is 5.90. The molecule has 1 nitrogen and oxygen atoms in total. The second kappa shape index (κ2) is 8.53. The van der Waals surface area contributed by atoms with Gasteiger partial charge >= 0.3 is 0 Å². The molecule has 0 heterocycles. The Hall–Kier alpha value is -0.560. The molecule has 0 aliphatic heterocycles. The molecule has 0 atom stereocenters. The van der Waals surface area contributed by atoms with Crippen LogP contribution in [-0.4, -0.2) is 11.7 Å². The molecule has 1 fully saturated rings. The van der Waals surface area contributed by atoms with Gasteiger partial charge in [-0.2, -0.15) is 0 Å². The van der Waals surface area contributed by atoms with Gasteiger partial charge in [-0.05, 0) is 43.9 Å².